The lowest BCUT2D eigenvalue weighted by Crippen LogP contribution is -2.61. The number of amides is 1. The zero-order valence-electron chi connectivity index (χ0n) is 14.9. The molecule has 1 N–H and O–H groups in total. The number of anilines is 1. The highest BCUT2D eigenvalue weighted by Gasteiger charge is 2.50. The molecule has 2 saturated heterocycles. The third-order valence-corrected chi connectivity index (χ3v) is 7.98. The van der Waals surface area contributed by atoms with Crippen molar-refractivity contribution in [2.75, 3.05) is 50.4 Å². The lowest BCUT2D eigenvalue weighted by atomic mass is 9.95. The van der Waals surface area contributed by atoms with Gasteiger partial charge in [-0.15, -0.1) is 36.2 Å². The predicted octanol–water partition coefficient (Wildman–Crippen LogP) is 1.11. The Hall–Kier alpha value is -0.610. The van der Waals surface area contributed by atoms with Crippen molar-refractivity contribution in [3.05, 3.63) is 11.1 Å². The van der Waals surface area contributed by atoms with Gasteiger partial charge < -0.3 is 15.1 Å². The summed E-state index contributed by atoms with van der Waals surface area (Å²) in [6.45, 7) is 5.57. The van der Waals surface area contributed by atoms with Crippen LogP contribution < -0.4 is 10.2 Å². The van der Waals surface area contributed by atoms with E-state index in [1.165, 1.54) is 6.26 Å². The van der Waals surface area contributed by atoms with E-state index in [9.17, 15) is 13.2 Å². The fourth-order valence-corrected chi connectivity index (χ4v) is 5.70. The molecule has 7 nitrogen and oxygen atoms in total. The number of carbonyl (C=O) groups excluding carboxylic acids is 1. The number of hydrogen-bond acceptors (Lipinski definition) is 7. The summed E-state index contributed by atoms with van der Waals surface area (Å²) in [4.78, 5) is 21.4. The Balaban J connectivity index is 0.00000169. The van der Waals surface area contributed by atoms with Gasteiger partial charge in [0.2, 0.25) is 5.91 Å². The van der Waals surface area contributed by atoms with E-state index in [-0.39, 0.29) is 30.7 Å². The van der Waals surface area contributed by atoms with Gasteiger partial charge in [-0.3, -0.25) is 4.79 Å². The van der Waals surface area contributed by atoms with E-state index in [0.29, 0.717) is 52.1 Å². The molecular weight excluding hydrogens is 419 g/mol. The molecule has 1 aromatic rings. The van der Waals surface area contributed by atoms with Crippen molar-refractivity contribution in [3.63, 3.8) is 0 Å². The Morgan fingerprint density at radius 2 is 1.77 bits per heavy atom. The van der Waals surface area contributed by atoms with E-state index in [0.717, 1.165) is 10.8 Å². The second-order valence-corrected chi connectivity index (χ2v) is 9.73. The second kappa shape index (κ2) is 9.05. The zero-order chi connectivity index (χ0) is 17.4. The van der Waals surface area contributed by atoms with Crippen LogP contribution in [0.25, 0.3) is 0 Å². The summed E-state index contributed by atoms with van der Waals surface area (Å²) in [5, 5.41) is 6.14. The van der Waals surface area contributed by atoms with Crippen LogP contribution in [-0.4, -0.2) is 74.5 Å². The van der Waals surface area contributed by atoms with Crippen LogP contribution in [0.15, 0.2) is 5.38 Å². The van der Waals surface area contributed by atoms with E-state index in [2.05, 4.69) is 15.2 Å². The molecule has 0 bridgehead atoms. The van der Waals surface area contributed by atoms with Crippen LogP contribution in [0.1, 0.15) is 18.5 Å². The molecule has 0 radical (unpaired) electrons. The number of nitrogens with one attached hydrogen (secondary N) is 1. The smallest absolute Gasteiger partial charge is 0.244 e. The first-order chi connectivity index (χ1) is 11.3. The van der Waals surface area contributed by atoms with Gasteiger partial charge in [0.05, 0.1) is 5.69 Å². The fraction of sp³-hybridized carbons (Fsp3) is 0.733. The quantitative estimate of drug-likeness (QED) is 0.751. The molecule has 0 spiro atoms. The molecule has 150 valence electrons. The number of hydrogen-bond donors (Lipinski definition) is 1. The molecule has 0 atom stereocenters. The van der Waals surface area contributed by atoms with Crippen molar-refractivity contribution in [2.24, 2.45) is 0 Å². The van der Waals surface area contributed by atoms with E-state index in [1.807, 2.05) is 12.3 Å². The molecule has 2 fully saturated rings. The van der Waals surface area contributed by atoms with Crippen LogP contribution in [0.5, 0.6) is 0 Å². The van der Waals surface area contributed by atoms with Gasteiger partial charge in [-0.1, -0.05) is 0 Å². The number of carbonyl (C=O) groups is 1. The number of halogens is 2. The third kappa shape index (κ3) is 4.44. The summed E-state index contributed by atoms with van der Waals surface area (Å²) in [6, 6.07) is 0. The summed E-state index contributed by atoms with van der Waals surface area (Å²) in [7, 11) is -3.45. The van der Waals surface area contributed by atoms with Crippen molar-refractivity contribution in [1.29, 1.82) is 0 Å². The maximum Gasteiger partial charge on any atom is 0.244 e. The molecule has 26 heavy (non-hydrogen) atoms. The van der Waals surface area contributed by atoms with Crippen molar-refractivity contribution in [1.82, 2.24) is 15.2 Å². The number of aryl methyl sites for hydroxylation is 1. The largest absolute Gasteiger partial charge is 0.345 e. The highest BCUT2D eigenvalue weighted by atomic mass is 35.5. The van der Waals surface area contributed by atoms with Crippen LogP contribution in [-0.2, 0) is 14.6 Å². The van der Waals surface area contributed by atoms with Crippen LogP contribution in [0.4, 0.5) is 5.13 Å². The summed E-state index contributed by atoms with van der Waals surface area (Å²) >= 11 is 1.60. The first kappa shape index (κ1) is 23.4. The SMILES string of the molecule is Cc1csc(N2CCN(C(=O)C3(S(C)(=O)=O)CCNCC3)CC2)n1.Cl.Cl. The summed E-state index contributed by atoms with van der Waals surface area (Å²) in [5.74, 6) is -0.221. The summed E-state index contributed by atoms with van der Waals surface area (Å²) < 4.78 is 23.5. The Bertz CT molecular complexity index is 712. The normalized spacial score (nSPS) is 20.1. The number of thiazole rings is 1. The maximum absolute atomic E-state index is 13.1. The van der Waals surface area contributed by atoms with E-state index in [4.69, 9.17) is 0 Å². The number of piperidine rings is 1. The predicted molar refractivity (Wildman–Crippen MR) is 110 cm³/mol. The van der Waals surface area contributed by atoms with Gasteiger partial charge in [0, 0.05) is 37.8 Å². The van der Waals surface area contributed by atoms with Gasteiger partial charge in [-0.25, -0.2) is 13.4 Å². The minimum absolute atomic E-state index is 0. The Morgan fingerprint density at radius 3 is 2.23 bits per heavy atom. The third-order valence-electron chi connectivity index (χ3n) is 4.96. The molecule has 2 aliphatic heterocycles. The number of aromatic nitrogens is 1. The fourth-order valence-electron chi connectivity index (χ4n) is 3.45. The molecule has 1 amide bonds. The molecule has 2 aliphatic rings. The Morgan fingerprint density at radius 1 is 1.19 bits per heavy atom. The average Bonchev–Trinajstić information content (AvgIpc) is 3.00. The molecule has 0 aromatic carbocycles. The lowest BCUT2D eigenvalue weighted by molar-refractivity contribution is -0.135. The van der Waals surface area contributed by atoms with Crippen LogP contribution in [0.2, 0.25) is 0 Å². The standard InChI is InChI=1S/C15H24N4O3S2.2ClH/c1-12-11-23-14(17-12)19-9-7-18(8-10-19)13(20)15(24(2,21)22)3-5-16-6-4-15;;/h11,16H,3-10H2,1-2H3;2*1H. The van der Waals surface area contributed by atoms with Gasteiger partial charge in [-0.2, -0.15) is 0 Å². The number of sulfone groups is 1. The molecule has 11 heteroatoms. The Labute approximate surface area is 171 Å². The molecule has 0 aliphatic carbocycles. The summed E-state index contributed by atoms with van der Waals surface area (Å²) in [6.07, 6.45) is 1.91. The average molecular weight is 445 g/mol. The first-order valence-corrected chi connectivity index (χ1v) is 11.0. The molecule has 0 unspecified atom stereocenters. The van der Waals surface area contributed by atoms with Gasteiger partial charge >= 0.3 is 0 Å². The van der Waals surface area contributed by atoms with Gasteiger partial charge in [0.1, 0.15) is 0 Å². The van der Waals surface area contributed by atoms with E-state index < -0.39 is 14.6 Å². The van der Waals surface area contributed by atoms with E-state index in [1.54, 1.807) is 16.2 Å². The van der Waals surface area contributed by atoms with Crippen molar-refractivity contribution < 1.29 is 13.2 Å². The maximum atomic E-state index is 13.1. The Kier molecular flexibility index (Phi) is 8.16. The number of piperazine rings is 1. The van der Waals surface area contributed by atoms with Gasteiger partial charge in [-0.05, 0) is 32.9 Å². The minimum atomic E-state index is -3.45. The van der Waals surface area contributed by atoms with Gasteiger partial charge in [0.15, 0.2) is 19.7 Å². The topological polar surface area (TPSA) is 82.6 Å². The molecule has 1 aromatic heterocycles. The second-order valence-electron chi connectivity index (χ2n) is 6.57. The van der Waals surface area contributed by atoms with Crippen molar-refractivity contribution in [3.8, 4) is 0 Å². The zero-order valence-corrected chi connectivity index (χ0v) is 18.2. The van der Waals surface area contributed by atoms with Crippen molar-refractivity contribution in [2.45, 2.75) is 24.5 Å². The van der Waals surface area contributed by atoms with Crippen molar-refractivity contribution >= 4 is 57.0 Å². The van der Waals surface area contributed by atoms with E-state index >= 15 is 0 Å². The highest BCUT2D eigenvalue weighted by Crippen LogP contribution is 2.31. The molecule has 3 heterocycles. The highest BCUT2D eigenvalue weighted by molar-refractivity contribution is 7.92. The lowest BCUT2D eigenvalue weighted by Gasteiger charge is -2.41. The minimum Gasteiger partial charge on any atom is -0.345 e. The van der Waals surface area contributed by atoms with Gasteiger partial charge in [0.25, 0.3) is 0 Å². The van der Waals surface area contributed by atoms with Crippen LogP contribution >= 0.6 is 36.2 Å². The van der Waals surface area contributed by atoms with Crippen LogP contribution in [0, 0.1) is 6.92 Å². The molecule has 3 rings (SSSR count). The molecular formula is C15H26Cl2N4O3S2. The first-order valence-electron chi connectivity index (χ1n) is 8.20. The summed E-state index contributed by atoms with van der Waals surface area (Å²) in [5.41, 5.74) is 0.999. The van der Waals surface area contributed by atoms with Crippen LogP contribution in [0.3, 0.4) is 0 Å². The number of rotatable bonds is 3. The monoisotopic (exact) mass is 444 g/mol. The number of nitrogens with zero attached hydrogens (tertiary/aromatic N) is 3. The molecule has 0 saturated carbocycles.